The van der Waals surface area contributed by atoms with Gasteiger partial charge in [0.15, 0.2) is 0 Å². The van der Waals surface area contributed by atoms with Crippen molar-refractivity contribution in [2.75, 3.05) is 13.1 Å². The maximum atomic E-state index is 13.0. The van der Waals surface area contributed by atoms with Crippen molar-refractivity contribution in [3.05, 3.63) is 35.9 Å². The Morgan fingerprint density at radius 3 is 2.57 bits per heavy atom. The Bertz CT molecular complexity index is 514. The first-order valence-corrected chi connectivity index (χ1v) is 9.24. The Labute approximate surface area is 140 Å². The Kier molecular flexibility index (Phi) is 5.37. The van der Waals surface area contributed by atoms with Gasteiger partial charge in [-0.1, -0.05) is 51.3 Å². The highest BCUT2D eigenvalue weighted by Crippen LogP contribution is 2.36. The minimum Gasteiger partial charge on any atom is -0.323 e. The zero-order valence-corrected chi connectivity index (χ0v) is 14.5. The molecule has 2 fully saturated rings. The number of rotatable bonds is 4. The van der Waals surface area contributed by atoms with E-state index in [1.54, 1.807) is 0 Å². The van der Waals surface area contributed by atoms with Gasteiger partial charge in [-0.25, -0.2) is 0 Å². The summed E-state index contributed by atoms with van der Waals surface area (Å²) in [7, 11) is 0. The van der Waals surface area contributed by atoms with Gasteiger partial charge in [0.05, 0.1) is 6.17 Å². The number of carbonyl (C=O) groups excluding carboxylic acids is 1. The first-order chi connectivity index (χ1) is 11.1. The van der Waals surface area contributed by atoms with E-state index in [0.717, 1.165) is 36.9 Å². The van der Waals surface area contributed by atoms with E-state index in [0.29, 0.717) is 5.92 Å². The molecule has 1 aliphatic carbocycles. The van der Waals surface area contributed by atoms with Crippen molar-refractivity contribution < 1.29 is 4.79 Å². The lowest BCUT2D eigenvalue weighted by Gasteiger charge is -2.44. The first-order valence-electron chi connectivity index (χ1n) is 9.24. The smallest absolute Gasteiger partial charge is 0.255 e. The summed E-state index contributed by atoms with van der Waals surface area (Å²) >= 11 is 0. The van der Waals surface area contributed by atoms with Crippen LogP contribution in [-0.4, -0.2) is 30.1 Å². The fourth-order valence-corrected chi connectivity index (χ4v) is 4.25. The monoisotopic (exact) mass is 314 g/mol. The fourth-order valence-electron chi connectivity index (χ4n) is 4.25. The molecule has 1 amide bonds. The quantitative estimate of drug-likeness (QED) is 0.914. The van der Waals surface area contributed by atoms with Crippen molar-refractivity contribution in [3.63, 3.8) is 0 Å². The molecule has 1 N–H and O–H groups in total. The highest BCUT2D eigenvalue weighted by atomic mass is 16.2. The lowest BCUT2D eigenvalue weighted by atomic mass is 9.74. The van der Waals surface area contributed by atoms with Crippen molar-refractivity contribution >= 4 is 5.91 Å². The van der Waals surface area contributed by atoms with Crippen LogP contribution >= 0.6 is 0 Å². The lowest BCUT2D eigenvalue weighted by molar-refractivity contribution is 0.0391. The molecule has 0 spiro atoms. The van der Waals surface area contributed by atoms with E-state index in [9.17, 15) is 4.79 Å². The molecule has 0 bridgehead atoms. The number of hydrogen-bond donors (Lipinski definition) is 1. The van der Waals surface area contributed by atoms with Crippen LogP contribution in [0.15, 0.2) is 30.3 Å². The largest absolute Gasteiger partial charge is 0.323 e. The fraction of sp³-hybridized carbons (Fsp3) is 0.650. The number of piperidine rings is 1. The maximum absolute atomic E-state index is 13.0. The second-order valence-corrected chi connectivity index (χ2v) is 7.68. The molecule has 3 unspecified atom stereocenters. The minimum absolute atomic E-state index is 0.172. The molecule has 0 aromatic heterocycles. The molecule has 3 heteroatoms. The standard InChI is InChI=1S/C20H30N2O/c1-15(2)14-22(20(23)16-8-4-3-5-9-16)19-12-17-10-6-7-11-18(17)13-21-19/h3-5,8-9,15,17-19,21H,6-7,10-14H2,1-2H3. The summed E-state index contributed by atoms with van der Waals surface area (Å²) in [5.41, 5.74) is 0.806. The van der Waals surface area contributed by atoms with Crippen LogP contribution < -0.4 is 5.32 Å². The average Bonchev–Trinajstić information content (AvgIpc) is 2.59. The van der Waals surface area contributed by atoms with Crippen LogP contribution in [0.2, 0.25) is 0 Å². The van der Waals surface area contributed by atoms with Crippen LogP contribution in [0.3, 0.4) is 0 Å². The van der Waals surface area contributed by atoms with Gasteiger partial charge in [-0.2, -0.15) is 0 Å². The SMILES string of the molecule is CC(C)CN(C(=O)c1ccccc1)C1CC2CCCCC2CN1. The molecule has 3 rings (SSSR count). The third-order valence-corrected chi connectivity index (χ3v) is 5.43. The first kappa shape index (κ1) is 16.5. The summed E-state index contributed by atoms with van der Waals surface area (Å²) in [5, 5.41) is 3.68. The third kappa shape index (κ3) is 3.95. The molecule has 23 heavy (non-hydrogen) atoms. The molecule has 1 aromatic carbocycles. The number of carbonyl (C=O) groups is 1. The van der Waals surface area contributed by atoms with E-state index in [-0.39, 0.29) is 12.1 Å². The normalized spacial score (nSPS) is 27.5. The number of nitrogens with zero attached hydrogens (tertiary/aromatic N) is 1. The predicted octanol–water partition coefficient (Wildman–Crippen LogP) is 3.91. The molecule has 2 aliphatic rings. The Morgan fingerprint density at radius 1 is 1.17 bits per heavy atom. The van der Waals surface area contributed by atoms with Crippen LogP contribution in [0.4, 0.5) is 0 Å². The van der Waals surface area contributed by atoms with Crippen molar-refractivity contribution in [1.29, 1.82) is 0 Å². The summed E-state index contributed by atoms with van der Waals surface area (Å²) in [4.78, 5) is 15.1. The molecular formula is C20H30N2O. The zero-order chi connectivity index (χ0) is 16.2. The van der Waals surface area contributed by atoms with Gasteiger partial charge in [0.1, 0.15) is 0 Å². The van der Waals surface area contributed by atoms with E-state index in [2.05, 4.69) is 24.1 Å². The molecule has 1 heterocycles. The lowest BCUT2D eigenvalue weighted by Crippen LogP contribution is -2.56. The van der Waals surface area contributed by atoms with Gasteiger partial charge in [-0.15, -0.1) is 0 Å². The van der Waals surface area contributed by atoms with Gasteiger partial charge >= 0.3 is 0 Å². The minimum atomic E-state index is 0.172. The third-order valence-electron chi connectivity index (χ3n) is 5.43. The highest BCUT2D eigenvalue weighted by Gasteiger charge is 2.36. The summed E-state index contributed by atoms with van der Waals surface area (Å²) in [5.74, 6) is 2.28. The molecule has 1 saturated carbocycles. The van der Waals surface area contributed by atoms with E-state index in [4.69, 9.17) is 0 Å². The summed E-state index contributed by atoms with van der Waals surface area (Å²) in [6, 6.07) is 9.73. The molecule has 1 aliphatic heterocycles. The van der Waals surface area contributed by atoms with Crippen LogP contribution in [0.25, 0.3) is 0 Å². The van der Waals surface area contributed by atoms with Crippen molar-refractivity contribution in [2.24, 2.45) is 17.8 Å². The van der Waals surface area contributed by atoms with Gasteiger partial charge in [0.2, 0.25) is 0 Å². The van der Waals surface area contributed by atoms with E-state index in [1.165, 1.54) is 25.7 Å². The van der Waals surface area contributed by atoms with E-state index >= 15 is 0 Å². The second kappa shape index (κ2) is 7.48. The average molecular weight is 314 g/mol. The molecule has 3 nitrogen and oxygen atoms in total. The molecule has 0 radical (unpaired) electrons. The topological polar surface area (TPSA) is 32.3 Å². The van der Waals surface area contributed by atoms with Gasteiger partial charge in [0.25, 0.3) is 5.91 Å². The number of benzene rings is 1. The number of fused-ring (bicyclic) bond motifs is 1. The summed E-state index contributed by atoms with van der Waals surface area (Å²) in [6.45, 7) is 6.28. The zero-order valence-electron chi connectivity index (χ0n) is 14.5. The van der Waals surface area contributed by atoms with Crippen molar-refractivity contribution in [1.82, 2.24) is 10.2 Å². The maximum Gasteiger partial charge on any atom is 0.255 e. The Hall–Kier alpha value is -1.35. The van der Waals surface area contributed by atoms with Crippen LogP contribution in [0, 0.1) is 17.8 Å². The summed E-state index contributed by atoms with van der Waals surface area (Å²) < 4.78 is 0. The van der Waals surface area contributed by atoms with Gasteiger partial charge in [-0.05, 0) is 42.7 Å². The van der Waals surface area contributed by atoms with E-state index in [1.807, 2.05) is 30.3 Å². The van der Waals surface area contributed by atoms with Gasteiger partial charge in [0, 0.05) is 18.7 Å². The van der Waals surface area contributed by atoms with Crippen molar-refractivity contribution in [2.45, 2.75) is 52.1 Å². The highest BCUT2D eigenvalue weighted by molar-refractivity contribution is 5.94. The summed E-state index contributed by atoms with van der Waals surface area (Å²) in [6.07, 6.45) is 6.77. The Morgan fingerprint density at radius 2 is 1.87 bits per heavy atom. The van der Waals surface area contributed by atoms with Crippen LogP contribution in [0.5, 0.6) is 0 Å². The molecule has 1 saturated heterocycles. The molecule has 126 valence electrons. The number of hydrogen-bond acceptors (Lipinski definition) is 2. The van der Waals surface area contributed by atoms with Crippen LogP contribution in [0.1, 0.15) is 56.3 Å². The Balaban J connectivity index is 1.75. The van der Waals surface area contributed by atoms with Crippen molar-refractivity contribution in [3.8, 4) is 0 Å². The van der Waals surface area contributed by atoms with E-state index < -0.39 is 0 Å². The number of amides is 1. The van der Waals surface area contributed by atoms with Crippen LogP contribution in [-0.2, 0) is 0 Å². The molecular weight excluding hydrogens is 284 g/mol. The number of nitrogens with one attached hydrogen (secondary N) is 1. The van der Waals surface area contributed by atoms with Gasteiger partial charge < -0.3 is 4.90 Å². The second-order valence-electron chi connectivity index (χ2n) is 7.68. The molecule has 3 atom stereocenters. The predicted molar refractivity (Wildman–Crippen MR) is 94.2 cm³/mol. The van der Waals surface area contributed by atoms with Gasteiger partial charge in [-0.3, -0.25) is 10.1 Å². The molecule has 1 aromatic rings.